The number of allylic oxidation sites excluding steroid dienone is 1. The Morgan fingerprint density at radius 1 is 1.13 bits per heavy atom. The fraction of sp³-hybridized carbons (Fsp3) is 0.308. The highest BCUT2D eigenvalue weighted by Crippen LogP contribution is 2.29. The zero-order chi connectivity index (χ0) is 18.1. The lowest BCUT2D eigenvalue weighted by molar-refractivity contribution is -0.0500. The van der Waals surface area contributed by atoms with Crippen LogP contribution in [0.15, 0.2) is 36.4 Å². The van der Waals surface area contributed by atoms with Crippen molar-refractivity contribution in [1.29, 1.82) is 0 Å². The fourth-order valence-corrected chi connectivity index (χ4v) is 1.97. The zero-order valence-electron chi connectivity index (χ0n) is 11.7. The van der Waals surface area contributed by atoms with E-state index in [-0.39, 0.29) is 5.57 Å². The summed E-state index contributed by atoms with van der Waals surface area (Å²) in [5.41, 5.74) is -6.07. The van der Waals surface area contributed by atoms with Gasteiger partial charge in [0.25, 0.3) is 0 Å². The number of halogens is 5. The van der Waals surface area contributed by atoms with Gasteiger partial charge < -0.3 is 4.18 Å². The van der Waals surface area contributed by atoms with Gasteiger partial charge in [-0.15, -0.1) is 0 Å². The van der Waals surface area contributed by atoms with E-state index in [1.165, 1.54) is 6.92 Å². The van der Waals surface area contributed by atoms with Crippen molar-refractivity contribution >= 4 is 15.9 Å². The normalized spacial score (nSPS) is 12.8. The summed E-state index contributed by atoms with van der Waals surface area (Å²) in [5.74, 6) is -6.06. The summed E-state index contributed by atoms with van der Waals surface area (Å²) in [5, 5.41) is 0. The maximum absolute atomic E-state index is 13.6. The molecule has 128 valence electrons. The molecule has 0 fully saturated rings. The molecule has 0 radical (unpaired) electrons. The van der Waals surface area contributed by atoms with Gasteiger partial charge in [-0.05, 0) is 31.2 Å². The highest BCUT2D eigenvalue weighted by Gasteiger charge is 2.48. The quantitative estimate of drug-likeness (QED) is 0.256. The Morgan fingerprint density at radius 2 is 1.61 bits per heavy atom. The SMILES string of the molecule is C=C(C)CC(F)(F)C(=O)c1ccc(OS(=O)(=O)C(F)(F)F)cc1. The Bertz CT molecular complexity index is 705. The molecule has 1 aromatic rings. The van der Waals surface area contributed by atoms with E-state index in [9.17, 15) is 35.2 Å². The van der Waals surface area contributed by atoms with Gasteiger partial charge in [-0.3, -0.25) is 4.79 Å². The molecule has 0 N–H and O–H groups in total. The van der Waals surface area contributed by atoms with Crippen molar-refractivity contribution < 1.29 is 39.3 Å². The first-order chi connectivity index (χ1) is 10.3. The first kappa shape index (κ1) is 19.1. The number of carbonyl (C=O) groups excluding carboxylic acids is 1. The minimum Gasteiger partial charge on any atom is -0.376 e. The Hall–Kier alpha value is -1.97. The van der Waals surface area contributed by atoms with E-state index in [0.717, 1.165) is 12.1 Å². The van der Waals surface area contributed by atoms with Crippen LogP contribution in [0.3, 0.4) is 0 Å². The van der Waals surface area contributed by atoms with Crippen molar-refractivity contribution in [3.05, 3.63) is 42.0 Å². The van der Waals surface area contributed by atoms with Gasteiger partial charge >= 0.3 is 21.5 Å². The number of ketones is 1. The van der Waals surface area contributed by atoms with Crippen molar-refractivity contribution in [3.63, 3.8) is 0 Å². The highest BCUT2D eigenvalue weighted by molar-refractivity contribution is 7.88. The predicted molar refractivity (Wildman–Crippen MR) is 70.8 cm³/mol. The van der Waals surface area contributed by atoms with Crippen molar-refractivity contribution in [2.75, 3.05) is 0 Å². The van der Waals surface area contributed by atoms with Gasteiger partial charge in [0.15, 0.2) is 0 Å². The Morgan fingerprint density at radius 3 is 2.00 bits per heavy atom. The fourth-order valence-electron chi connectivity index (χ4n) is 1.51. The first-order valence-corrected chi connectivity index (χ1v) is 7.35. The number of carbonyl (C=O) groups is 1. The molecule has 0 saturated carbocycles. The van der Waals surface area contributed by atoms with Crippen LogP contribution in [0.2, 0.25) is 0 Å². The minimum absolute atomic E-state index is 0.0691. The summed E-state index contributed by atoms with van der Waals surface area (Å²) in [6.07, 6.45) is -0.882. The second-order valence-corrected chi connectivity index (χ2v) is 6.21. The molecular weight excluding hydrogens is 347 g/mol. The number of alkyl halides is 5. The smallest absolute Gasteiger partial charge is 0.376 e. The molecule has 0 aromatic heterocycles. The van der Waals surface area contributed by atoms with Gasteiger partial charge in [0, 0.05) is 12.0 Å². The van der Waals surface area contributed by atoms with Gasteiger partial charge in [-0.1, -0.05) is 12.2 Å². The Kier molecular flexibility index (Phi) is 5.20. The van der Waals surface area contributed by atoms with E-state index < -0.39 is 45.1 Å². The van der Waals surface area contributed by atoms with E-state index in [0.29, 0.717) is 12.1 Å². The topological polar surface area (TPSA) is 60.4 Å². The largest absolute Gasteiger partial charge is 0.534 e. The third kappa shape index (κ3) is 4.75. The van der Waals surface area contributed by atoms with Crippen LogP contribution in [0.4, 0.5) is 22.0 Å². The average molecular weight is 358 g/mol. The summed E-state index contributed by atoms with van der Waals surface area (Å²) in [6.45, 7) is 4.57. The molecule has 0 heterocycles. The van der Waals surface area contributed by atoms with Crippen LogP contribution in [-0.4, -0.2) is 25.6 Å². The molecule has 0 unspecified atom stereocenters. The van der Waals surface area contributed by atoms with E-state index in [1.807, 2.05) is 0 Å². The monoisotopic (exact) mass is 358 g/mol. The summed E-state index contributed by atoms with van der Waals surface area (Å²) in [6, 6.07) is 2.84. The third-order valence-corrected chi connectivity index (χ3v) is 3.44. The second-order valence-electron chi connectivity index (χ2n) is 4.68. The summed E-state index contributed by atoms with van der Waals surface area (Å²) < 4.78 is 88.9. The van der Waals surface area contributed by atoms with E-state index in [2.05, 4.69) is 10.8 Å². The molecule has 10 heteroatoms. The molecule has 0 aliphatic rings. The van der Waals surface area contributed by atoms with Crippen molar-refractivity contribution in [2.45, 2.75) is 24.8 Å². The average Bonchev–Trinajstić information content (AvgIpc) is 2.35. The van der Waals surface area contributed by atoms with Crippen LogP contribution in [-0.2, 0) is 10.1 Å². The number of rotatable bonds is 6. The molecule has 1 aromatic carbocycles. The highest BCUT2D eigenvalue weighted by atomic mass is 32.2. The first-order valence-electron chi connectivity index (χ1n) is 5.94. The predicted octanol–water partition coefficient (Wildman–Crippen LogP) is 3.70. The van der Waals surface area contributed by atoms with Crippen LogP contribution in [0.25, 0.3) is 0 Å². The molecule has 1 rings (SSSR count). The second kappa shape index (κ2) is 6.26. The Balaban J connectivity index is 2.98. The maximum Gasteiger partial charge on any atom is 0.534 e. The molecule has 0 bridgehead atoms. The minimum atomic E-state index is -5.87. The molecule has 0 amide bonds. The lowest BCUT2D eigenvalue weighted by atomic mass is 10.0. The molecule has 0 aliphatic heterocycles. The van der Waals surface area contributed by atoms with Crippen LogP contribution in [0, 0.1) is 0 Å². The van der Waals surface area contributed by atoms with Gasteiger partial charge in [-0.25, -0.2) is 0 Å². The maximum atomic E-state index is 13.6. The molecular formula is C13H11F5O4S. The van der Waals surface area contributed by atoms with Crippen LogP contribution in [0.1, 0.15) is 23.7 Å². The molecule has 4 nitrogen and oxygen atoms in total. The van der Waals surface area contributed by atoms with Gasteiger partial charge in [0.2, 0.25) is 5.78 Å². The summed E-state index contributed by atoms with van der Waals surface area (Å²) in [4.78, 5) is 11.6. The molecule has 0 saturated heterocycles. The van der Waals surface area contributed by atoms with Crippen molar-refractivity contribution in [3.8, 4) is 5.75 Å². The van der Waals surface area contributed by atoms with Gasteiger partial charge in [0.05, 0.1) is 0 Å². The number of benzene rings is 1. The molecule has 23 heavy (non-hydrogen) atoms. The van der Waals surface area contributed by atoms with Gasteiger partial charge in [0.1, 0.15) is 5.75 Å². The summed E-state index contributed by atoms with van der Waals surface area (Å²) >= 11 is 0. The lowest BCUT2D eigenvalue weighted by Gasteiger charge is -2.15. The molecule has 0 spiro atoms. The van der Waals surface area contributed by atoms with Crippen LogP contribution >= 0.6 is 0 Å². The van der Waals surface area contributed by atoms with E-state index in [1.54, 1.807) is 0 Å². The zero-order valence-corrected chi connectivity index (χ0v) is 12.5. The third-order valence-electron chi connectivity index (χ3n) is 2.46. The molecule has 0 aliphatic carbocycles. The number of hydrogen-bond donors (Lipinski definition) is 0. The van der Waals surface area contributed by atoms with Crippen LogP contribution in [0.5, 0.6) is 5.75 Å². The number of Topliss-reactive ketones (excluding diaryl/α,β-unsaturated/α-hetero) is 1. The lowest BCUT2D eigenvalue weighted by Crippen LogP contribution is -2.29. The van der Waals surface area contributed by atoms with Crippen molar-refractivity contribution in [2.24, 2.45) is 0 Å². The number of hydrogen-bond acceptors (Lipinski definition) is 4. The Labute approximate surface area is 128 Å². The van der Waals surface area contributed by atoms with E-state index in [4.69, 9.17) is 0 Å². The standard InChI is InChI=1S/C13H11F5O4S/c1-8(2)7-12(14,15)11(19)9-3-5-10(6-4-9)22-23(20,21)13(16,17)18/h3-6H,1,7H2,2H3. The molecule has 0 atom stereocenters. The summed E-state index contributed by atoms with van der Waals surface area (Å²) in [7, 11) is -5.87. The van der Waals surface area contributed by atoms with E-state index >= 15 is 0 Å². The van der Waals surface area contributed by atoms with Gasteiger partial charge in [-0.2, -0.15) is 30.4 Å². The van der Waals surface area contributed by atoms with Crippen molar-refractivity contribution in [1.82, 2.24) is 0 Å². The van der Waals surface area contributed by atoms with Crippen LogP contribution < -0.4 is 4.18 Å².